The lowest BCUT2D eigenvalue weighted by Gasteiger charge is -2.12. The van der Waals surface area contributed by atoms with Gasteiger partial charge in [0.2, 0.25) is 0 Å². The third-order valence-electron chi connectivity index (χ3n) is 3.29. The first-order valence-corrected chi connectivity index (χ1v) is 6.99. The zero-order valence-electron chi connectivity index (χ0n) is 11.9. The van der Waals surface area contributed by atoms with Crippen LogP contribution in [0.5, 0.6) is 5.75 Å². The molecule has 0 aliphatic heterocycles. The van der Waals surface area contributed by atoms with Crippen molar-refractivity contribution in [3.8, 4) is 11.8 Å². The molecule has 0 unspecified atom stereocenters. The zero-order valence-corrected chi connectivity index (χ0v) is 12.7. The van der Waals surface area contributed by atoms with E-state index in [1.165, 1.54) is 0 Å². The average molecular weight is 302 g/mol. The van der Waals surface area contributed by atoms with Crippen LogP contribution < -0.4 is 4.74 Å². The van der Waals surface area contributed by atoms with E-state index in [9.17, 15) is 5.11 Å². The van der Waals surface area contributed by atoms with Crippen molar-refractivity contribution in [1.82, 2.24) is 0 Å². The fourth-order valence-corrected chi connectivity index (χ4v) is 2.22. The third kappa shape index (κ3) is 3.75. The number of ether oxygens (including phenoxy) is 1. The van der Waals surface area contributed by atoms with Crippen LogP contribution in [0.1, 0.15) is 35.3 Å². The molecular weight excluding hydrogens is 286 g/mol. The molecule has 0 aliphatic carbocycles. The zero-order chi connectivity index (χ0) is 15.4. The molecular formula is C17H16ClNO2. The first kappa shape index (κ1) is 15.4. The molecule has 2 rings (SSSR count). The quantitative estimate of drug-likeness (QED) is 0.923. The summed E-state index contributed by atoms with van der Waals surface area (Å²) in [6.45, 7) is 4.01. The monoisotopic (exact) mass is 301 g/mol. The molecule has 4 heteroatoms. The van der Waals surface area contributed by atoms with Gasteiger partial charge in [0.05, 0.1) is 22.8 Å². The number of aliphatic hydroxyl groups is 1. The number of rotatable bonds is 4. The summed E-state index contributed by atoms with van der Waals surface area (Å²) in [7, 11) is 0. The molecule has 1 N–H and O–H groups in total. The summed E-state index contributed by atoms with van der Waals surface area (Å²) in [4.78, 5) is 0. The Hall–Kier alpha value is -2.02. The van der Waals surface area contributed by atoms with Crippen LogP contribution in [0.15, 0.2) is 36.4 Å². The first-order valence-electron chi connectivity index (χ1n) is 6.61. The Kier molecular flexibility index (Phi) is 4.85. The molecule has 0 bridgehead atoms. The van der Waals surface area contributed by atoms with Gasteiger partial charge in [-0.3, -0.25) is 0 Å². The lowest BCUT2D eigenvalue weighted by molar-refractivity contribution is 0.199. The van der Waals surface area contributed by atoms with Gasteiger partial charge >= 0.3 is 0 Å². The lowest BCUT2D eigenvalue weighted by atomic mass is 10.1. The van der Waals surface area contributed by atoms with Crippen LogP contribution >= 0.6 is 11.6 Å². The van der Waals surface area contributed by atoms with E-state index in [-0.39, 0.29) is 0 Å². The van der Waals surface area contributed by atoms with Gasteiger partial charge in [-0.05, 0) is 54.8 Å². The van der Waals surface area contributed by atoms with Gasteiger partial charge in [0, 0.05) is 0 Å². The van der Waals surface area contributed by atoms with Crippen molar-refractivity contribution in [3.05, 3.63) is 63.7 Å². The number of nitrogens with zero attached hydrogens (tertiary/aromatic N) is 1. The van der Waals surface area contributed by atoms with Gasteiger partial charge in [0.15, 0.2) is 0 Å². The molecule has 0 aromatic heterocycles. The van der Waals surface area contributed by atoms with E-state index < -0.39 is 6.10 Å². The van der Waals surface area contributed by atoms with Crippen LogP contribution in [0.25, 0.3) is 0 Å². The van der Waals surface area contributed by atoms with E-state index in [2.05, 4.69) is 6.07 Å². The van der Waals surface area contributed by atoms with E-state index in [1.54, 1.807) is 31.2 Å². The second-order valence-electron chi connectivity index (χ2n) is 4.91. The number of hydrogen-bond acceptors (Lipinski definition) is 3. The summed E-state index contributed by atoms with van der Waals surface area (Å²) in [5, 5.41) is 18.8. The minimum Gasteiger partial charge on any atom is -0.487 e. The van der Waals surface area contributed by atoms with Gasteiger partial charge in [-0.2, -0.15) is 5.26 Å². The molecule has 2 aromatic carbocycles. The molecule has 0 radical (unpaired) electrons. The Labute approximate surface area is 129 Å². The van der Waals surface area contributed by atoms with Crippen LogP contribution in [-0.2, 0) is 6.61 Å². The van der Waals surface area contributed by atoms with Gasteiger partial charge in [0.25, 0.3) is 0 Å². The maximum atomic E-state index is 9.51. The molecule has 1 atom stereocenters. The second kappa shape index (κ2) is 6.62. The predicted molar refractivity (Wildman–Crippen MR) is 82.3 cm³/mol. The van der Waals surface area contributed by atoms with Gasteiger partial charge in [-0.25, -0.2) is 0 Å². The van der Waals surface area contributed by atoms with Crippen molar-refractivity contribution in [2.24, 2.45) is 0 Å². The van der Waals surface area contributed by atoms with E-state index in [1.807, 2.05) is 19.1 Å². The second-order valence-corrected chi connectivity index (χ2v) is 5.31. The molecule has 0 amide bonds. The predicted octanol–water partition coefficient (Wildman–Crippen LogP) is 4.15. The highest BCUT2D eigenvalue weighted by atomic mass is 35.5. The molecule has 0 saturated heterocycles. The number of nitriles is 1. The van der Waals surface area contributed by atoms with Crippen LogP contribution in [0, 0.1) is 18.3 Å². The summed E-state index contributed by atoms with van der Waals surface area (Å²) in [5.41, 5.74) is 3.40. The molecule has 2 aromatic rings. The third-order valence-corrected chi connectivity index (χ3v) is 3.59. The van der Waals surface area contributed by atoms with Crippen molar-refractivity contribution in [1.29, 1.82) is 5.26 Å². The van der Waals surface area contributed by atoms with E-state index in [0.717, 1.165) is 16.7 Å². The fraction of sp³-hybridized carbons (Fsp3) is 0.235. The maximum absolute atomic E-state index is 9.51. The molecule has 0 saturated carbocycles. The van der Waals surface area contributed by atoms with Crippen molar-refractivity contribution >= 4 is 11.6 Å². The lowest BCUT2D eigenvalue weighted by Crippen LogP contribution is -1.99. The van der Waals surface area contributed by atoms with Crippen molar-refractivity contribution in [2.45, 2.75) is 26.6 Å². The Bertz CT molecular complexity index is 690. The van der Waals surface area contributed by atoms with E-state index in [4.69, 9.17) is 21.6 Å². The number of halogens is 1. The maximum Gasteiger partial charge on any atom is 0.138 e. The van der Waals surface area contributed by atoms with Gasteiger partial charge < -0.3 is 9.84 Å². The van der Waals surface area contributed by atoms with Crippen LogP contribution in [0.4, 0.5) is 0 Å². The highest BCUT2D eigenvalue weighted by Gasteiger charge is 2.08. The van der Waals surface area contributed by atoms with Gasteiger partial charge in [-0.15, -0.1) is 0 Å². The van der Waals surface area contributed by atoms with Gasteiger partial charge in [-0.1, -0.05) is 23.7 Å². The Morgan fingerprint density at radius 1 is 1.29 bits per heavy atom. The topological polar surface area (TPSA) is 53.2 Å². The standard InChI is InChI=1S/C17H16ClNO2/c1-11-7-13(9-19)3-4-15(11)10-21-17-6-5-14(12(2)20)8-16(17)18/h3-8,12,20H,10H2,1-2H3/t12-/m1/s1. The van der Waals surface area contributed by atoms with Crippen molar-refractivity contribution in [2.75, 3.05) is 0 Å². The Morgan fingerprint density at radius 2 is 2.05 bits per heavy atom. The minimum atomic E-state index is -0.558. The average Bonchev–Trinajstić information content (AvgIpc) is 2.46. The van der Waals surface area contributed by atoms with E-state index in [0.29, 0.717) is 22.9 Å². The highest BCUT2D eigenvalue weighted by molar-refractivity contribution is 6.32. The minimum absolute atomic E-state index is 0.380. The molecule has 3 nitrogen and oxygen atoms in total. The SMILES string of the molecule is Cc1cc(C#N)ccc1COc1ccc([C@@H](C)O)cc1Cl. The largest absolute Gasteiger partial charge is 0.487 e. The number of aliphatic hydroxyl groups excluding tert-OH is 1. The van der Waals surface area contributed by atoms with E-state index >= 15 is 0 Å². The normalized spacial score (nSPS) is 11.8. The highest BCUT2D eigenvalue weighted by Crippen LogP contribution is 2.28. The van der Waals surface area contributed by atoms with Crippen LogP contribution in [0.2, 0.25) is 5.02 Å². The summed E-state index contributed by atoms with van der Waals surface area (Å²) >= 11 is 6.15. The molecule has 0 fully saturated rings. The fourth-order valence-electron chi connectivity index (χ4n) is 1.98. The van der Waals surface area contributed by atoms with Crippen LogP contribution in [0.3, 0.4) is 0 Å². The molecule has 0 spiro atoms. The molecule has 108 valence electrons. The van der Waals surface area contributed by atoms with Crippen molar-refractivity contribution < 1.29 is 9.84 Å². The number of benzene rings is 2. The smallest absolute Gasteiger partial charge is 0.138 e. The summed E-state index contributed by atoms with van der Waals surface area (Å²) in [5.74, 6) is 0.574. The summed E-state index contributed by atoms with van der Waals surface area (Å²) < 4.78 is 5.72. The summed E-state index contributed by atoms with van der Waals surface area (Å²) in [6.07, 6.45) is -0.558. The number of hydrogen-bond donors (Lipinski definition) is 1. The first-order chi connectivity index (χ1) is 10.0. The molecule has 21 heavy (non-hydrogen) atoms. The van der Waals surface area contributed by atoms with Crippen molar-refractivity contribution in [3.63, 3.8) is 0 Å². The summed E-state index contributed by atoms with van der Waals surface area (Å²) in [6, 6.07) is 12.8. The number of aryl methyl sites for hydroxylation is 1. The molecule has 0 aliphatic rings. The Balaban J connectivity index is 2.12. The van der Waals surface area contributed by atoms with Gasteiger partial charge in [0.1, 0.15) is 12.4 Å². The molecule has 0 heterocycles. The van der Waals surface area contributed by atoms with Crippen LogP contribution in [-0.4, -0.2) is 5.11 Å². The Morgan fingerprint density at radius 3 is 2.62 bits per heavy atom.